The van der Waals surface area contributed by atoms with E-state index in [0.29, 0.717) is 11.6 Å². The smallest absolute Gasteiger partial charge is 0.353 e. The fourth-order valence-corrected chi connectivity index (χ4v) is 2.79. The summed E-state index contributed by atoms with van der Waals surface area (Å²) in [5, 5.41) is 19.1. The van der Waals surface area contributed by atoms with E-state index in [-0.39, 0.29) is 5.69 Å². The second-order valence-electron chi connectivity index (χ2n) is 5.08. The fourth-order valence-electron chi connectivity index (χ4n) is 2.79. The highest BCUT2D eigenvalue weighted by molar-refractivity contribution is 5.87. The SMILES string of the molecule is O=C(O)c1cc(-c2ccccc2C2CCNCC2)n[nH]1. The summed E-state index contributed by atoms with van der Waals surface area (Å²) in [5.74, 6) is -0.472. The van der Waals surface area contributed by atoms with Gasteiger partial charge in [0.15, 0.2) is 0 Å². The minimum Gasteiger partial charge on any atom is -0.477 e. The lowest BCUT2D eigenvalue weighted by Gasteiger charge is -2.24. The van der Waals surface area contributed by atoms with Gasteiger partial charge in [-0.3, -0.25) is 5.10 Å². The molecule has 0 saturated carbocycles. The Morgan fingerprint density at radius 2 is 2.00 bits per heavy atom. The maximum absolute atomic E-state index is 11.0. The summed E-state index contributed by atoms with van der Waals surface area (Å²) in [5.41, 5.74) is 3.12. The summed E-state index contributed by atoms with van der Waals surface area (Å²) in [6.45, 7) is 2.06. The first-order chi connectivity index (χ1) is 9.75. The van der Waals surface area contributed by atoms with E-state index in [1.165, 1.54) is 5.56 Å². The number of hydrogen-bond donors (Lipinski definition) is 3. The third-order valence-corrected chi connectivity index (χ3v) is 3.82. The van der Waals surface area contributed by atoms with E-state index in [1.54, 1.807) is 6.07 Å². The standard InChI is InChI=1S/C15H17N3O2/c19-15(20)14-9-13(17-18-14)12-4-2-1-3-11(12)10-5-7-16-8-6-10/h1-4,9-10,16H,5-8H2,(H,17,18)(H,19,20). The molecule has 0 amide bonds. The second-order valence-corrected chi connectivity index (χ2v) is 5.08. The van der Waals surface area contributed by atoms with Crippen molar-refractivity contribution in [2.45, 2.75) is 18.8 Å². The largest absolute Gasteiger partial charge is 0.477 e. The van der Waals surface area contributed by atoms with Crippen LogP contribution in [-0.2, 0) is 0 Å². The van der Waals surface area contributed by atoms with Gasteiger partial charge in [0.05, 0.1) is 5.69 Å². The van der Waals surface area contributed by atoms with Crippen LogP contribution in [0.2, 0.25) is 0 Å². The van der Waals surface area contributed by atoms with Crippen LogP contribution in [0.25, 0.3) is 11.3 Å². The highest BCUT2D eigenvalue weighted by atomic mass is 16.4. The molecule has 1 aromatic carbocycles. The normalized spacial score (nSPS) is 16.2. The molecule has 1 fully saturated rings. The Labute approximate surface area is 117 Å². The molecule has 5 heteroatoms. The van der Waals surface area contributed by atoms with Gasteiger partial charge in [0.25, 0.3) is 0 Å². The third-order valence-electron chi connectivity index (χ3n) is 3.82. The lowest BCUT2D eigenvalue weighted by atomic mass is 9.86. The predicted octanol–water partition coefficient (Wildman–Crippen LogP) is 2.24. The van der Waals surface area contributed by atoms with Gasteiger partial charge in [-0.05, 0) is 43.5 Å². The summed E-state index contributed by atoms with van der Waals surface area (Å²) in [6, 6.07) is 9.74. The summed E-state index contributed by atoms with van der Waals surface area (Å²) < 4.78 is 0. The lowest BCUT2D eigenvalue weighted by Crippen LogP contribution is -2.26. The summed E-state index contributed by atoms with van der Waals surface area (Å²) in [4.78, 5) is 11.0. The molecule has 20 heavy (non-hydrogen) atoms. The molecule has 1 aliphatic heterocycles. The van der Waals surface area contributed by atoms with Crippen molar-refractivity contribution in [2.75, 3.05) is 13.1 Å². The number of carboxylic acid groups (broad SMARTS) is 1. The summed E-state index contributed by atoms with van der Waals surface area (Å²) >= 11 is 0. The van der Waals surface area contributed by atoms with Crippen molar-refractivity contribution in [3.05, 3.63) is 41.6 Å². The van der Waals surface area contributed by atoms with Crippen LogP contribution in [0.5, 0.6) is 0 Å². The van der Waals surface area contributed by atoms with Gasteiger partial charge in [-0.25, -0.2) is 4.79 Å². The zero-order valence-electron chi connectivity index (χ0n) is 11.1. The van der Waals surface area contributed by atoms with Gasteiger partial charge >= 0.3 is 5.97 Å². The molecule has 0 spiro atoms. The van der Waals surface area contributed by atoms with E-state index in [4.69, 9.17) is 5.11 Å². The van der Waals surface area contributed by atoms with Crippen molar-refractivity contribution < 1.29 is 9.90 Å². The molecule has 0 aliphatic carbocycles. The highest BCUT2D eigenvalue weighted by Gasteiger charge is 2.20. The molecule has 5 nitrogen and oxygen atoms in total. The minimum atomic E-state index is -0.983. The number of hydrogen-bond acceptors (Lipinski definition) is 3. The van der Waals surface area contributed by atoms with Gasteiger partial charge in [0, 0.05) is 5.56 Å². The quantitative estimate of drug-likeness (QED) is 0.800. The third kappa shape index (κ3) is 2.44. The van der Waals surface area contributed by atoms with Crippen LogP contribution >= 0.6 is 0 Å². The molecule has 2 heterocycles. The Bertz CT molecular complexity index is 615. The monoisotopic (exact) mass is 271 g/mol. The zero-order valence-corrected chi connectivity index (χ0v) is 11.1. The lowest BCUT2D eigenvalue weighted by molar-refractivity contribution is 0.0690. The summed E-state index contributed by atoms with van der Waals surface area (Å²) in [6.07, 6.45) is 2.21. The Balaban J connectivity index is 1.97. The molecule has 1 aliphatic rings. The number of nitrogens with zero attached hydrogens (tertiary/aromatic N) is 1. The zero-order chi connectivity index (χ0) is 13.9. The number of nitrogens with one attached hydrogen (secondary N) is 2. The molecule has 0 atom stereocenters. The van der Waals surface area contributed by atoms with Crippen LogP contribution in [0.4, 0.5) is 0 Å². The maximum Gasteiger partial charge on any atom is 0.353 e. The van der Waals surface area contributed by atoms with Gasteiger partial charge < -0.3 is 10.4 Å². The van der Waals surface area contributed by atoms with Crippen LogP contribution in [0.1, 0.15) is 34.8 Å². The number of aromatic amines is 1. The fraction of sp³-hybridized carbons (Fsp3) is 0.333. The molecule has 0 unspecified atom stereocenters. The van der Waals surface area contributed by atoms with E-state index in [1.807, 2.05) is 18.2 Å². The Morgan fingerprint density at radius 3 is 2.70 bits per heavy atom. The van der Waals surface area contributed by atoms with Gasteiger partial charge in [-0.15, -0.1) is 0 Å². The van der Waals surface area contributed by atoms with Gasteiger partial charge in [0.1, 0.15) is 5.69 Å². The van der Waals surface area contributed by atoms with E-state index in [0.717, 1.165) is 31.5 Å². The van der Waals surface area contributed by atoms with Crippen molar-refractivity contribution in [3.63, 3.8) is 0 Å². The molecular formula is C15H17N3O2. The van der Waals surface area contributed by atoms with E-state index >= 15 is 0 Å². The Hall–Kier alpha value is -2.14. The number of benzene rings is 1. The van der Waals surface area contributed by atoms with Crippen LogP contribution in [0.3, 0.4) is 0 Å². The van der Waals surface area contributed by atoms with E-state index in [2.05, 4.69) is 21.6 Å². The first kappa shape index (κ1) is 12.9. The Kier molecular flexibility index (Phi) is 3.52. The van der Waals surface area contributed by atoms with Crippen molar-refractivity contribution in [2.24, 2.45) is 0 Å². The molecule has 2 aromatic rings. The molecule has 0 bridgehead atoms. The number of aromatic nitrogens is 2. The van der Waals surface area contributed by atoms with Crippen molar-refractivity contribution in [3.8, 4) is 11.3 Å². The molecule has 1 saturated heterocycles. The van der Waals surface area contributed by atoms with Crippen LogP contribution < -0.4 is 5.32 Å². The molecule has 3 rings (SSSR count). The number of rotatable bonds is 3. The van der Waals surface area contributed by atoms with Crippen LogP contribution in [0, 0.1) is 0 Å². The second kappa shape index (κ2) is 5.46. The van der Waals surface area contributed by atoms with E-state index in [9.17, 15) is 4.79 Å². The van der Waals surface area contributed by atoms with E-state index < -0.39 is 5.97 Å². The highest BCUT2D eigenvalue weighted by Crippen LogP contribution is 2.33. The average molecular weight is 271 g/mol. The number of carbonyl (C=O) groups is 1. The maximum atomic E-state index is 11.0. The van der Waals surface area contributed by atoms with Crippen molar-refractivity contribution in [1.82, 2.24) is 15.5 Å². The van der Waals surface area contributed by atoms with Gasteiger partial charge in [-0.1, -0.05) is 24.3 Å². The first-order valence-corrected chi connectivity index (χ1v) is 6.84. The topological polar surface area (TPSA) is 78.0 Å². The number of H-pyrrole nitrogens is 1. The first-order valence-electron chi connectivity index (χ1n) is 6.84. The predicted molar refractivity (Wildman–Crippen MR) is 75.8 cm³/mol. The number of aromatic carboxylic acids is 1. The molecular weight excluding hydrogens is 254 g/mol. The minimum absolute atomic E-state index is 0.125. The Morgan fingerprint density at radius 1 is 1.25 bits per heavy atom. The molecule has 0 radical (unpaired) electrons. The van der Waals surface area contributed by atoms with Crippen LogP contribution in [0.15, 0.2) is 30.3 Å². The van der Waals surface area contributed by atoms with Crippen molar-refractivity contribution >= 4 is 5.97 Å². The van der Waals surface area contributed by atoms with Gasteiger partial charge in [-0.2, -0.15) is 5.10 Å². The van der Waals surface area contributed by atoms with Crippen LogP contribution in [-0.4, -0.2) is 34.4 Å². The molecule has 3 N–H and O–H groups in total. The number of carboxylic acids is 1. The number of piperidine rings is 1. The molecule has 1 aromatic heterocycles. The van der Waals surface area contributed by atoms with Gasteiger partial charge in [0.2, 0.25) is 0 Å². The summed E-state index contributed by atoms with van der Waals surface area (Å²) in [7, 11) is 0. The molecule has 104 valence electrons. The average Bonchev–Trinajstić information content (AvgIpc) is 2.98. The van der Waals surface area contributed by atoms with Crippen molar-refractivity contribution in [1.29, 1.82) is 0 Å².